The average molecular weight is 370 g/mol. The second-order valence-electron chi connectivity index (χ2n) is 7.08. The van der Waals surface area contributed by atoms with E-state index in [1.807, 2.05) is 26.4 Å². The first kappa shape index (κ1) is 21.0. The first-order valence-corrected chi connectivity index (χ1v) is 10.1. The van der Waals surface area contributed by atoms with E-state index in [1.165, 1.54) is 5.56 Å². The van der Waals surface area contributed by atoms with Crippen LogP contribution in [0.2, 0.25) is 0 Å². The molecule has 0 radical (unpaired) electrons. The highest BCUT2D eigenvalue weighted by atomic mass is 15.2. The molecule has 2 N–H and O–H groups in total. The Morgan fingerprint density at radius 2 is 1.85 bits per heavy atom. The zero-order chi connectivity index (χ0) is 19.5. The van der Waals surface area contributed by atoms with Crippen LogP contribution in [0.1, 0.15) is 50.9 Å². The highest BCUT2D eigenvalue weighted by Crippen LogP contribution is 2.30. The molecule has 1 heterocycles. The number of rotatable bonds is 10. The summed E-state index contributed by atoms with van der Waals surface area (Å²) in [7, 11) is 1.84. The van der Waals surface area contributed by atoms with E-state index in [0.29, 0.717) is 0 Å². The number of unbranched alkanes of at least 4 members (excludes halogenated alkanes) is 1. The van der Waals surface area contributed by atoms with Crippen molar-refractivity contribution in [2.45, 2.75) is 58.4 Å². The summed E-state index contributed by atoms with van der Waals surface area (Å²) < 4.78 is 2.20. The summed E-state index contributed by atoms with van der Waals surface area (Å²) in [5.41, 5.74) is 1.53. The maximum atomic E-state index is 4.39. The van der Waals surface area contributed by atoms with Gasteiger partial charge in [0, 0.05) is 44.5 Å². The topological polar surface area (TPSA) is 54.2 Å². The fourth-order valence-corrected chi connectivity index (χ4v) is 3.53. The summed E-state index contributed by atoms with van der Waals surface area (Å²) in [6.07, 6.45) is 8.33. The van der Waals surface area contributed by atoms with Gasteiger partial charge in [0.1, 0.15) is 5.82 Å². The molecule has 27 heavy (non-hydrogen) atoms. The molecular formula is C22H35N5. The van der Waals surface area contributed by atoms with Gasteiger partial charge in [0.25, 0.3) is 0 Å². The van der Waals surface area contributed by atoms with Gasteiger partial charge in [-0.1, -0.05) is 44.2 Å². The first-order valence-electron chi connectivity index (χ1n) is 10.1. The van der Waals surface area contributed by atoms with Crippen LogP contribution in [-0.2, 0) is 12.0 Å². The van der Waals surface area contributed by atoms with Crippen molar-refractivity contribution in [3.05, 3.63) is 54.1 Å². The van der Waals surface area contributed by atoms with E-state index >= 15 is 0 Å². The summed E-state index contributed by atoms with van der Waals surface area (Å²) in [5.74, 6) is 1.97. The van der Waals surface area contributed by atoms with Gasteiger partial charge in [-0.15, -0.1) is 0 Å². The lowest BCUT2D eigenvalue weighted by Crippen LogP contribution is -2.45. The lowest BCUT2D eigenvalue weighted by Gasteiger charge is -2.33. The predicted molar refractivity (Wildman–Crippen MR) is 114 cm³/mol. The highest BCUT2D eigenvalue weighted by molar-refractivity contribution is 5.79. The van der Waals surface area contributed by atoms with Gasteiger partial charge in [-0.25, -0.2) is 4.98 Å². The minimum absolute atomic E-state index is 0.137. The molecular weight excluding hydrogens is 334 g/mol. The number of nitrogens with one attached hydrogen (secondary N) is 2. The van der Waals surface area contributed by atoms with E-state index in [4.69, 9.17) is 0 Å². The molecule has 0 fully saturated rings. The highest BCUT2D eigenvalue weighted by Gasteiger charge is 2.28. The maximum Gasteiger partial charge on any atom is 0.191 e. The third-order valence-corrected chi connectivity index (χ3v) is 5.60. The quantitative estimate of drug-likeness (QED) is 0.379. The van der Waals surface area contributed by atoms with Crippen molar-refractivity contribution in [1.29, 1.82) is 0 Å². The number of guanidine groups is 1. The standard InChI is InChI=1S/C22H35N5/c1-5-22(6-2,20-12-8-7-9-13-20)18-26-21(23-4)25-14-10-11-16-27-17-15-24-19(27)3/h7-9,12-13,15,17H,5-6,10-11,14,16,18H2,1-4H3,(H2,23,25,26). The molecule has 1 aromatic heterocycles. The Morgan fingerprint density at radius 1 is 1.11 bits per heavy atom. The van der Waals surface area contributed by atoms with Crippen molar-refractivity contribution in [2.24, 2.45) is 4.99 Å². The van der Waals surface area contributed by atoms with Crippen LogP contribution in [0, 0.1) is 6.92 Å². The second-order valence-corrected chi connectivity index (χ2v) is 7.08. The number of aryl methyl sites for hydroxylation is 2. The van der Waals surface area contributed by atoms with Gasteiger partial charge in [-0.05, 0) is 38.2 Å². The Morgan fingerprint density at radius 3 is 2.44 bits per heavy atom. The van der Waals surface area contributed by atoms with Gasteiger partial charge in [0.05, 0.1) is 0 Å². The largest absolute Gasteiger partial charge is 0.356 e. The van der Waals surface area contributed by atoms with Crippen molar-refractivity contribution in [2.75, 3.05) is 20.1 Å². The first-order chi connectivity index (χ1) is 13.1. The fraction of sp³-hybridized carbons (Fsp3) is 0.545. The maximum absolute atomic E-state index is 4.39. The number of hydrogen-bond acceptors (Lipinski definition) is 2. The van der Waals surface area contributed by atoms with E-state index in [9.17, 15) is 0 Å². The van der Waals surface area contributed by atoms with Crippen molar-refractivity contribution in [3.63, 3.8) is 0 Å². The van der Waals surface area contributed by atoms with E-state index in [2.05, 4.69) is 69.4 Å². The molecule has 1 aromatic carbocycles. The molecule has 0 unspecified atom stereocenters. The molecule has 0 saturated heterocycles. The summed E-state index contributed by atoms with van der Waals surface area (Å²) >= 11 is 0. The van der Waals surface area contributed by atoms with Gasteiger partial charge in [0.2, 0.25) is 0 Å². The van der Waals surface area contributed by atoms with Crippen molar-refractivity contribution in [3.8, 4) is 0 Å². The molecule has 148 valence electrons. The predicted octanol–water partition coefficient (Wildman–Crippen LogP) is 3.89. The number of imidazole rings is 1. The number of hydrogen-bond donors (Lipinski definition) is 2. The van der Waals surface area contributed by atoms with Crippen molar-refractivity contribution in [1.82, 2.24) is 20.2 Å². The Kier molecular flexibility index (Phi) is 8.37. The Hall–Kier alpha value is -2.30. The Labute approximate surface area is 164 Å². The molecule has 2 aromatic rings. The normalized spacial score (nSPS) is 12.2. The van der Waals surface area contributed by atoms with Crippen LogP contribution >= 0.6 is 0 Å². The van der Waals surface area contributed by atoms with Gasteiger partial charge >= 0.3 is 0 Å². The second kappa shape index (κ2) is 10.8. The molecule has 0 amide bonds. The minimum atomic E-state index is 0.137. The number of nitrogens with zero attached hydrogens (tertiary/aromatic N) is 3. The van der Waals surface area contributed by atoms with Crippen LogP contribution in [0.3, 0.4) is 0 Å². The molecule has 2 rings (SSSR count). The monoisotopic (exact) mass is 369 g/mol. The van der Waals surface area contributed by atoms with Crippen molar-refractivity contribution < 1.29 is 0 Å². The van der Waals surface area contributed by atoms with E-state index in [-0.39, 0.29) is 5.41 Å². The van der Waals surface area contributed by atoms with Crippen LogP contribution in [0.4, 0.5) is 0 Å². The molecule has 0 saturated carbocycles. The number of aromatic nitrogens is 2. The van der Waals surface area contributed by atoms with Gasteiger partial charge < -0.3 is 15.2 Å². The van der Waals surface area contributed by atoms with Crippen LogP contribution in [0.5, 0.6) is 0 Å². The number of benzene rings is 1. The molecule has 0 aliphatic rings. The van der Waals surface area contributed by atoms with Crippen LogP contribution in [0.15, 0.2) is 47.7 Å². The molecule has 5 nitrogen and oxygen atoms in total. The van der Waals surface area contributed by atoms with E-state index in [0.717, 1.165) is 57.1 Å². The zero-order valence-electron chi connectivity index (χ0n) is 17.3. The summed E-state index contributed by atoms with van der Waals surface area (Å²) in [5, 5.41) is 7.00. The van der Waals surface area contributed by atoms with E-state index in [1.54, 1.807) is 0 Å². The fourth-order valence-electron chi connectivity index (χ4n) is 3.53. The Bertz CT molecular complexity index is 686. The van der Waals surface area contributed by atoms with Crippen molar-refractivity contribution >= 4 is 5.96 Å². The lowest BCUT2D eigenvalue weighted by molar-refractivity contribution is 0.389. The number of aliphatic imine (C=N–C) groups is 1. The molecule has 0 atom stereocenters. The minimum Gasteiger partial charge on any atom is -0.356 e. The average Bonchev–Trinajstić information content (AvgIpc) is 3.12. The molecule has 0 spiro atoms. The zero-order valence-corrected chi connectivity index (χ0v) is 17.3. The van der Waals surface area contributed by atoms with Crippen LogP contribution < -0.4 is 10.6 Å². The van der Waals surface area contributed by atoms with Gasteiger partial charge in [-0.2, -0.15) is 0 Å². The van der Waals surface area contributed by atoms with Crippen LogP contribution in [-0.4, -0.2) is 35.6 Å². The summed E-state index contributed by atoms with van der Waals surface area (Å²) in [6.45, 7) is 9.41. The summed E-state index contributed by atoms with van der Waals surface area (Å²) in [4.78, 5) is 8.66. The smallest absolute Gasteiger partial charge is 0.191 e. The molecule has 0 bridgehead atoms. The lowest BCUT2D eigenvalue weighted by atomic mass is 9.76. The van der Waals surface area contributed by atoms with Crippen LogP contribution in [0.25, 0.3) is 0 Å². The molecule has 0 aliphatic carbocycles. The van der Waals surface area contributed by atoms with Gasteiger partial charge in [0.15, 0.2) is 5.96 Å². The third-order valence-electron chi connectivity index (χ3n) is 5.60. The molecule has 5 heteroatoms. The molecule has 0 aliphatic heterocycles. The SMILES string of the molecule is CCC(CC)(CNC(=NC)NCCCCn1ccnc1C)c1ccccc1. The summed E-state index contributed by atoms with van der Waals surface area (Å²) in [6, 6.07) is 10.8. The van der Waals surface area contributed by atoms with Gasteiger partial charge in [-0.3, -0.25) is 4.99 Å². The Balaban J connectivity index is 1.79. The van der Waals surface area contributed by atoms with E-state index < -0.39 is 0 Å². The third kappa shape index (κ3) is 5.84.